The van der Waals surface area contributed by atoms with Gasteiger partial charge in [-0.25, -0.2) is 4.79 Å². The number of rotatable bonds is 6. The Bertz CT molecular complexity index is 361. The number of nitrogens with two attached hydrogens (primary N) is 1. The summed E-state index contributed by atoms with van der Waals surface area (Å²) in [5, 5.41) is 3.72. The number of esters is 1. The van der Waals surface area contributed by atoms with E-state index in [1.165, 1.54) is 0 Å². The number of ether oxygens (including phenoxy) is 1. The highest BCUT2D eigenvalue weighted by Gasteiger charge is 2.24. The molecule has 1 heterocycles. The summed E-state index contributed by atoms with van der Waals surface area (Å²) in [5.74, 6) is -0.101. The van der Waals surface area contributed by atoms with Crippen LogP contribution < -0.4 is 5.73 Å². The molecule has 0 saturated carbocycles. The molecule has 0 aromatic carbocycles. The molecule has 0 spiro atoms. The first-order chi connectivity index (χ1) is 8.13. The van der Waals surface area contributed by atoms with Gasteiger partial charge in [0.1, 0.15) is 0 Å². The van der Waals surface area contributed by atoms with Crippen molar-refractivity contribution in [3.63, 3.8) is 0 Å². The molecule has 0 amide bonds. The van der Waals surface area contributed by atoms with Crippen LogP contribution in [0.3, 0.4) is 0 Å². The van der Waals surface area contributed by atoms with E-state index >= 15 is 0 Å². The molecule has 6 nitrogen and oxygen atoms in total. The lowest BCUT2D eigenvalue weighted by Gasteiger charge is -2.17. The normalized spacial score (nSPS) is 12.8. The third-order valence-corrected chi connectivity index (χ3v) is 2.75. The predicted molar refractivity (Wildman–Crippen MR) is 61.3 cm³/mol. The number of hydrogen-bond acceptors (Lipinski definition) is 6. The van der Waals surface area contributed by atoms with E-state index in [1.807, 2.05) is 0 Å². The van der Waals surface area contributed by atoms with Crippen LogP contribution in [-0.2, 0) is 4.74 Å². The van der Waals surface area contributed by atoms with Crippen LogP contribution in [0.4, 0.5) is 0 Å². The van der Waals surface area contributed by atoms with Gasteiger partial charge in [0.25, 0.3) is 0 Å². The van der Waals surface area contributed by atoms with Gasteiger partial charge in [-0.1, -0.05) is 31.8 Å². The Labute approximate surface area is 101 Å². The summed E-state index contributed by atoms with van der Waals surface area (Å²) in [6.07, 6.45) is 1.86. The summed E-state index contributed by atoms with van der Waals surface area (Å²) in [6, 6.07) is -0.308. The first-order valence-electron chi connectivity index (χ1n) is 5.90. The maximum Gasteiger partial charge on any atom is 0.397 e. The van der Waals surface area contributed by atoms with Crippen molar-refractivity contribution in [2.24, 2.45) is 11.7 Å². The molecule has 1 aromatic rings. The van der Waals surface area contributed by atoms with Crippen LogP contribution in [0.5, 0.6) is 0 Å². The Morgan fingerprint density at radius 2 is 2.06 bits per heavy atom. The Morgan fingerprint density at radius 3 is 2.59 bits per heavy atom. The van der Waals surface area contributed by atoms with E-state index < -0.39 is 5.97 Å². The highest BCUT2D eigenvalue weighted by Crippen LogP contribution is 2.22. The first kappa shape index (κ1) is 13.6. The first-order valence-corrected chi connectivity index (χ1v) is 5.90. The Hall–Kier alpha value is -1.43. The van der Waals surface area contributed by atoms with Gasteiger partial charge in [-0.2, -0.15) is 4.98 Å². The zero-order chi connectivity index (χ0) is 12.8. The minimum Gasteiger partial charge on any atom is -0.459 e. The number of carbonyl (C=O) groups excluding carboxylic acids is 1. The van der Waals surface area contributed by atoms with E-state index in [1.54, 1.807) is 6.92 Å². The molecule has 1 rings (SSSR count). The van der Waals surface area contributed by atoms with Crippen molar-refractivity contribution in [3.8, 4) is 0 Å². The highest BCUT2D eigenvalue weighted by atomic mass is 16.6. The van der Waals surface area contributed by atoms with Crippen LogP contribution in [0.15, 0.2) is 4.52 Å². The molecule has 0 aliphatic heterocycles. The standard InChI is InChI=1S/C11H19N3O3/c1-4-7(5-2)8(12)9-13-10(17-14-9)11(15)16-6-3/h7-8H,4-6,12H2,1-3H3. The molecule has 0 radical (unpaired) electrons. The predicted octanol–water partition coefficient (Wildman–Crippen LogP) is 1.68. The van der Waals surface area contributed by atoms with Crippen molar-refractivity contribution < 1.29 is 14.1 Å². The summed E-state index contributed by atoms with van der Waals surface area (Å²) in [7, 11) is 0. The molecule has 0 saturated heterocycles. The third kappa shape index (κ3) is 3.26. The van der Waals surface area contributed by atoms with Gasteiger partial charge < -0.3 is 15.0 Å². The Kier molecular flexibility index (Phi) is 5.09. The van der Waals surface area contributed by atoms with E-state index in [9.17, 15) is 4.79 Å². The minimum absolute atomic E-state index is 0.136. The Morgan fingerprint density at radius 1 is 1.41 bits per heavy atom. The summed E-state index contributed by atoms with van der Waals surface area (Å²) in [4.78, 5) is 15.3. The maximum atomic E-state index is 11.3. The SMILES string of the molecule is CCOC(=O)c1nc(C(N)C(CC)CC)no1. The van der Waals surface area contributed by atoms with Gasteiger partial charge in [-0.3, -0.25) is 0 Å². The van der Waals surface area contributed by atoms with Gasteiger partial charge in [0.2, 0.25) is 0 Å². The quantitative estimate of drug-likeness (QED) is 0.762. The van der Waals surface area contributed by atoms with E-state index in [0.717, 1.165) is 12.8 Å². The minimum atomic E-state index is -0.608. The molecule has 1 aromatic heterocycles. The molecule has 6 heteroatoms. The van der Waals surface area contributed by atoms with Crippen molar-refractivity contribution in [3.05, 3.63) is 11.7 Å². The monoisotopic (exact) mass is 241 g/mol. The molecular formula is C11H19N3O3. The molecule has 17 heavy (non-hydrogen) atoms. The van der Waals surface area contributed by atoms with Gasteiger partial charge in [-0.15, -0.1) is 0 Å². The van der Waals surface area contributed by atoms with Crippen molar-refractivity contribution in [1.82, 2.24) is 10.1 Å². The summed E-state index contributed by atoms with van der Waals surface area (Å²) in [6.45, 7) is 6.10. The van der Waals surface area contributed by atoms with Gasteiger partial charge >= 0.3 is 11.9 Å². The third-order valence-electron chi connectivity index (χ3n) is 2.75. The lowest BCUT2D eigenvalue weighted by molar-refractivity contribution is 0.0470. The molecule has 0 aliphatic carbocycles. The second-order valence-corrected chi connectivity index (χ2v) is 3.78. The van der Waals surface area contributed by atoms with Crippen LogP contribution in [0, 0.1) is 5.92 Å². The highest BCUT2D eigenvalue weighted by molar-refractivity contribution is 5.83. The van der Waals surface area contributed by atoms with Gasteiger partial charge in [0.05, 0.1) is 12.6 Å². The fourth-order valence-electron chi connectivity index (χ4n) is 1.65. The average molecular weight is 241 g/mol. The lowest BCUT2D eigenvalue weighted by Crippen LogP contribution is -2.22. The smallest absolute Gasteiger partial charge is 0.397 e. The van der Waals surface area contributed by atoms with Crippen LogP contribution in [-0.4, -0.2) is 22.7 Å². The molecular weight excluding hydrogens is 222 g/mol. The van der Waals surface area contributed by atoms with E-state index in [2.05, 4.69) is 24.0 Å². The fourth-order valence-corrected chi connectivity index (χ4v) is 1.65. The largest absolute Gasteiger partial charge is 0.459 e. The number of aromatic nitrogens is 2. The van der Waals surface area contributed by atoms with Crippen molar-refractivity contribution in [2.45, 2.75) is 39.7 Å². The maximum absolute atomic E-state index is 11.3. The topological polar surface area (TPSA) is 91.2 Å². The number of nitrogens with zero attached hydrogens (tertiary/aromatic N) is 2. The van der Waals surface area contributed by atoms with Crippen molar-refractivity contribution >= 4 is 5.97 Å². The van der Waals surface area contributed by atoms with Gasteiger partial charge in [0.15, 0.2) is 5.82 Å². The Balaban J connectivity index is 2.76. The second kappa shape index (κ2) is 6.34. The summed E-state index contributed by atoms with van der Waals surface area (Å²) >= 11 is 0. The summed E-state index contributed by atoms with van der Waals surface area (Å²) < 4.78 is 9.58. The van der Waals surface area contributed by atoms with Crippen LogP contribution in [0.2, 0.25) is 0 Å². The van der Waals surface area contributed by atoms with Crippen LogP contribution >= 0.6 is 0 Å². The average Bonchev–Trinajstić information content (AvgIpc) is 2.80. The molecule has 2 N–H and O–H groups in total. The van der Waals surface area contributed by atoms with Crippen LogP contribution in [0.1, 0.15) is 56.2 Å². The van der Waals surface area contributed by atoms with E-state index in [4.69, 9.17) is 15.0 Å². The number of hydrogen-bond donors (Lipinski definition) is 1. The molecule has 0 bridgehead atoms. The molecule has 0 fully saturated rings. The zero-order valence-electron chi connectivity index (χ0n) is 10.5. The zero-order valence-corrected chi connectivity index (χ0v) is 10.5. The van der Waals surface area contributed by atoms with E-state index in [-0.39, 0.29) is 24.5 Å². The van der Waals surface area contributed by atoms with E-state index in [0.29, 0.717) is 5.82 Å². The van der Waals surface area contributed by atoms with Crippen molar-refractivity contribution in [1.29, 1.82) is 0 Å². The molecule has 0 aliphatic rings. The second-order valence-electron chi connectivity index (χ2n) is 3.78. The lowest BCUT2D eigenvalue weighted by atomic mass is 9.94. The summed E-state index contributed by atoms with van der Waals surface area (Å²) in [5.41, 5.74) is 6.01. The number of carbonyl (C=O) groups is 1. The molecule has 1 unspecified atom stereocenters. The van der Waals surface area contributed by atoms with Gasteiger partial charge in [-0.05, 0) is 12.8 Å². The molecule has 1 atom stereocenters. The van der Waals surface area contributed by atoms with Crippen LogP contribution in [0.25, 0.3) is 0 Å². The fraction of sp³-hybridized carbons (Fsp3) is 0.727. The molecule has 96 valence electrons. The van der Waals surface area contributed by atoms with Gasteiger partial charge in [0, 0.05) is 0 Å². The van der Waals surface area contributed by atoms with Crippen molar-refractivity contribution in [2.75, 3.05) is 6.61 Å².